The van der Waals surface area contributed by atoms with E-state index in [1.807, 2.05) is 60.8 Å². The van der Waals surface area contributed by atoms with Crippen LogP contribution in [0.2, 0.25) is 17.3 Å². The quantitative estimate of drug-likeness (QED) is 0.123. The Morgan fingerprint density at radius 3 is 2.22 bits per heavy atom. The molecule has 8 aromatic rings. The number of hydrogen-bond acceptors (Lipinski definition) is 3. The molecule has 5 heteroatoms. The number of benzene rings is 5. The standard InChI is InChI=1S/C30H20NO.C15H18GeN.Ir/c1-3-8-21(9-4-1)18-22-16-17-31-28(19-22)27-13-7-12-26-25-15-14-24(20-29(25)32-30(26)27)23-10-5-2-6-11-23;1-12-5-7-13(8-6-12)15-10-9-14(11-17-15)16(2,3)4;/h1-12,14-17,19-20H,18H2;5-7,9-11H,1-4H3;/q2*-1;/i18D2;1D3;. The zero-order valence-electron chi connectivity index (χ0n) is 33.0. The van der Waals surface area contributed by atoms with Crippen molar-refractivity contribution in [3.05, 3.63) is 175 Å². The molecule has 0 bridgehead atoms. The van der Waals surface area contributed by atoms with Gasteiger partial charge in [-0.2, -0.15) is 0 Å². The minimum absolute atomic E-state index is 0. The van der Waals surface area contributed by atoms with Crippen LogP contribution < -0.4 is 4.40 Å². The predicted molar refractivity (Wildman–Crippen MR) is 207 cm³/mol. The summed E-state index contributed by atoms with van der Waals surface area (Å²) >= 11 is -1.83. The Hall–Kier alpha value is -4.61. The third kappa shape index (κ3) is 8.05. The smallest absolute Gasteiger partial charge is 0.121 e. The molecular weight excluding hydrogens is 849 g/mol. The van der Waals surface area contributed by atoms with Gasteiger partial charge in [-0.05, 0) is 46.5 Å². The summed E-state index contributed by atoms with van der Waals surface area (Å²) in [5, 5.41) is 2.02. The molecule has 0 amide bonds. The Morgan fingerprint density at radius 2 is 1.52 bits per heavy atom. The van der Waals surface area contributed by atoms with Gasteiger partial charge in [0.1, 0.15) is 5.58 Å². The Morgan fingerprint density at radius 1 is 0.720 bits per heavy atom. The van der Waals surface area contributed by atoms with Crippen LogP contribution in [0.25, 0.3) is 55.6 Å². The number of aromatic nitrogens is 2. The molecule has 3 heterocycles. The van der Waals surface area contributed by atoms with E-state index in [-0.39, 0.29) is 20.1 Å². The first kappa shape index (κ1) is 29.2. The van der Waals surface area contributed by atoms with Crippen LogP contribution in [0.1, 0.15) is 23.5 Å². The van der Waals surface area contributed by atoms with E-state index in [1.54, 1.807) is 42.6 Å². The van der Waals surface area contributed by atoms with Crippen molar-refractivity contribution < 1.29 is 31.4 Å². The molecule has 249 valence electrons. The van der Waals surface area contributed by atoms with Crippen LogP contribution in [0.3, 0.4) is 0 Å². The molecule has 0 aliphatic carbocycles. The van der Waals surface area contributed by atoms with Crippen molar-refractivity contribution in [1.29, 1.82) is 0 Å². The van der Waals surface area contributed by atoms with Crippen molar-refractivity contribution in [2.45, 2.75) is 30.5 Å². The van der Waals surface area contributed by atoms with Crippen molar-refractivity contribution in [2.75, 3.05) is 0 Å². The summed E-state index contributed by atoms with van der Waals surface area (Å²) < 4.78 is 47.2. The predicted octanol–water partition coefficient (Wildman–Crippen LogP) is 11.1. The average Bonchev–Trinajstić information content (AvgIpc) is 3.57. The van der Waals surface area contributed by atoms with Gasteiger partial charge >= 0.3 is 110 Å². The number of furan rings is 1. The number of hydrogen-bond donors (Lipinski definition) is 0. The second kappa shape index (κ2) is 15.5. The van der Waals surface area contributed by atoms with Crippen molar-refractivity contribution in [3.63, 3.8) is 0 Å². The second-order valence-electron chi connectivity index (χ2n) is 12.9. The molecule has 50 heavy (non-hydrogen) atoms. The van der Waals surface area contributed by atoms with Crippen LogP contribution in [0.4, 0.5) is 0 Å². The fourth-order valence-electron chi connectivity index (χ4n) is 5.66. The zero-order valence-corrected chi connectivity index (χ0v) is 32.5. The molecular formula is C45H38GeIrN2O-2. The average molecular weight is 893 g/mol. The maximum absolute atomic E-state index is 8.73. The van der Waals surface area contributed by atoms with Gasteiger partial charge in [0.2, 0.25) is 0 Å². The van der Waals surface area contributed by atoms with Gasteiger partial charge in [-0.25, -0.2) is 0 Å². The number of nitrogens with zero attached hydrogens (tertiary/aromatic N) is 2. The van der Waals surface area contributed by atoms with Crippen LogP contribution in [-0.4, -0.2) is 23.2 Å². The first-order valence-corrected chi connectivity index (χ1v) is 23.6. The molecule has 3 nitrogen and oxygen atoms in total. The summed E-state index contributed by atoms with van der Waals surface area (Å²) in [5.41, 5.74) is 8.18. The number of pyridine rings is 2. The van der Waals surface area contributed by atoms with E-state index in [2.05, 4.69) is 75.8 Å². The number of aryl methyl sites for hydroxylation is 1. The fourth-order valence-corrected chi connectivity index (χ4v) is 7.83. The maximum atomic E-state index is 8.73. The van der Waals surface area contributed by atoms with Gasteiger partial charge in [-0.3, -0.25) is 0 Å². The summed E-state index contributed by atoms with van der Waals surface area (Å²) in [6.07, 6.45) is 1.94. The third-order valence-corrected chi connectivity index (χ3v) is 12.6. The van der Waals surface area contributed by atoms with Crippen LogP contribution in [0.15, 0.2) is 150 Å². The van der Waals surface area contributed by atoms with Gasteiger partial charge in [0.25, 0.3) is 0 Å². The Kier molecular flexibility index (Phi) is 9.05. The second-order valence-corrected chi connectivity index (χ2v) is 23.5. The van der Waals surface area contributed by atoms with Gasteiger partial charge in [0, 0.05) is 34.4 Å². The molecule has 0 aliphatic rings. The van der Waals surface area contributed by atoms with Crippen molar-refractivity contribution in [2.24, 2.45) is 0 Å². The largest absolute Gasteiger partial charge is 0.501 e. The van der Waals surface area contributed by atoms with E-state index in [9.17, 15) is 0 Å². The summed E-state index contributed by atoms with van der Waals surface area (Å²) in [4.78, 5) is 9.03. The van der Waals surface area contributed by atoms with E-state index in [4.69, 9.17) is 11.3 Å². The van der Waals surface area contributed by atoms with Gasteiger partial charge < -0.3 is 9.40 Å². The molecule has 0 unspecified atom stereocenters. The van der Waals surface area contributed by atoms with E-state index in [0.717, 1.165) is 44.3 Å². The molecule has 1 radical (unpaired) electrons. The van der Waals surface area contributed by atoms with E-state index in [0.29, 0.717) is 28.0 Å². The van der Waals surface area contributed by atoms with E-state index < -0.39 is 26.5 Å². The monoisotopic (exact) mass is 894 g/mol. The van der Waals surface area contributed by atoms with Gasteiger partial charge in [0.15, 0.2) is 0 Å². The Balaban J connectivity index is 0.000000211. The Labute approximate surface area is 318 Å². The normalized spacial score (nSPS) is 13.1. The number of rotatable bonds is 6. The molecule has 3 aromatic heterocycles. The molecule has 0 aliphatic heterocycles. The van der Waals surface area contributed by atoms with Crippen LogP contribution in [0.5, 0.6) is 0 Å². The molecule has 5 aromatic carbocycles. The molecule has 0 spiro atoms. The molecule has 8 rings (SSSR count). The SMILES string of the molecule is [2H]C([2H])([2H])c1c[c-]c(-c2cc[c]([Ge]([CH3])([CH3])[CH3])cn2)cc1.[2H]C([2H])(c1ccccc1)c1ccnc(-c2[c-]ccc3c2oc2cc(-c4ccccc4)ccc23)c1.[Ir]. The zero-order chi connectivity index (χ0) is 38.1. The molecule has 0 fully saturated rings. The van der Waals surface area contributed by atoms with E-state index in [1.165, 1.54) is 10.5 Å². The summed E-state index contributed by atoms with van der Waals surface area (Å²) in [5.74, 6) is 6.98. The Bertz CT molecular complexity index is 2480. The minimum Gasteiger partial charge on any atom is -0.501 e. The fraction of sp³-hybridized carbons (Fsp3) is 0.111. The first-order valence-electron chi connectivity index (χ1n) is 18.7. The van der Waals surface area contributed by atoms with Crippen molar-refractivity contribution in [3.8, 4) is 33.6 Å². The number of fused-ring (bicyclic) bond motifs is 3. The summed E-state index contributed by atoms with van der Waals surface area (Å²) in [6.45, 7) is -2.08. The summed E-state index contributed by atoms with van der Waals surface area (Å²) in [7, 11) is 0. The van der Waals surface area contributed by atoms with Gasteiger partial charge in [-0.1, -0.05) is 89.8 Å². The minimum atomic E-state index is -2.08. The van der Waals surface area contributed by atoms with Gasteiger partial charge in [0.05, 0.1) is 5.58 Å². The molecule has 0 N–H and O–H groups in total. The van der Waals surface area contributed by atoms with E-state index >= 15 is 0 Å². The van der Waals surface area contributed by atoms with Gasteiger partial charge in [-0.15, -0.1) is 18.2 Å². The van der Waals surface area contributed by atoms with Crippen LogP contribution >= 0.6 is 0 Å². The molecule has 0 saturated carbocycles. The first-order chi connectivity index (χ1) is 25.8. The topological polar surface area (TPSA) is 38.9 Å². The van der Waals surface area contributed by atoms with Crippen LogP contribution in [0, 0.1) is 19.0 Å². The molecule has 0 saturated heterocycles. The maximum Gasteiger partial charge on any atom is 0.121 e. The van der Waals surface area contributed by atoms with Crippen molar-refractivity contribution >= 4 is 39.6 Å². The summed E-state index contributed by atoms with van der Waals surface area (Å²) in [6, 6.07) is 48.4. The molecule has 0 atom stereocenters. The van der Waals surface area contributed by atoms with Crippen molar-refractivity contribution in [1.82, 2.24) is 9.97 Å². The van der Waals surface area contributed by atoms with Crippen LogP contribution in [-0.2, 0) is 26.5 Å². The third-order valence-electron chi connectivity index (χ3n) is 8.34.